The van der Waals surface area contributed by atoms with Gasteiger partial charge in [-0.3, -0.25) is 5.10 Å². The maximum Gasteiger partial charge on any atom is 0.345 e. The van der Waals surface area contributed by atoms with E-state index in [-0.39, 0.29) is 0 Å². The predicted molar refractivity (Wildman–Crippen MR) is 56.2 cm³/mol. The van der Waals surface area contributed by atoms with E-state index >= 15 is 0 Å². The van der Waals surface area contributed by atoms with Crippen molar-refractivity contribution in [1.29, 1.82) is 0 Å². The van der Waals surface area contributed by atoms with Gasteiger partial charge in [0.05, 0.1) is 6.20 Å². The Morgan fingerprint density at radius 3 is 3.07 bits per heavy atom. The zero-order valence-corrected chi connectivity index (χ0v) is 8.21. The quantitative estimate of drug-likeness (QED) is 0.654. The number of pyridine rings is 1. The fourth-order valence-electron chi connectivity index (χ4n) is 1.44. The van der Waals surface area contributed by atoms with E-state index in [1.165, 1.54) is 11.3 Å². The third-order valence-corrected chi connectivity index (χ3v) is 3.16. The number of aromatic carboxylic acids is 1. The van der Waals surface area contributed by atoms with Gasteiger partial charge >= 0.3 is 5.97 Å². The van der Waals surface area contributed by atoms with Crippen molar-refractivity contribution in [2.45, 2.75) is 0 Å². The standard InChI is InChI=1S/C9H5N3O2S/c13-9(14)6-2-4-1-5-3-10-12-7(5)11-8(4)15-6/h1-3H,(H,13,14)(H,10,11,12). The highest BCUT2D eigenvalue weighted by atomic mass is 32.1. The van der Waals surface area contributed by atoms with Gasteiger partial charge in [-0.1, -0.05) is 0 Å². The zero-order chi connectivity index (χ0) is 10.4. The molecule has 0 radical (unpaired) electrons. The predicted octanol–water partition coefficient (Wildman–Crippen LogP) is 1.87. The van der Waals surface area contributed by atoms with Gasteiger partial charge in [-0.2, -0.15) is 5.10 Å². The lowest BCUT2D eigenvalue weighted by atomic mass is 10.3. The van der Waals surface area contributed by atoms with Gasteiger partial charge in [0.1, 0.15) is 9.71 Å². The number of carboxylic acid groups (broad SMARTS) is 1. The average Bonchev–Trinajstić information content (AvgIpc) is 2.77. The first kappa shape index (κ1) is 8.37. The van der Waals surface area contributed by atoms with Crippen LogP contribution < -0.4 is 0 Å². The number of thiophene rings is 1. The van der Waals surface area contributed by atoms with Crippen molar-refractivity contribution in [3.05, 3.63) is 23.2 Å². The Labute approximate surface area is 87.4 Å². The Balaban J connectivity index is 2.38. The number of aromatic amines is 1. The van der Waals surface area contributed by atoms with Crippen LogP contribution in [-0.2, 0) is 0 Å². The van der Waals surface area contributed by atoms with Crippen LogP contribution >= 0.6 is 11.3 Å². The molecule has 0 aliphatic heterocycles. The van der Waals surface area contributed by atoms with Crippen molar-refractivity contribution in [2.24, 2.45) is 0 Å². The molecule has 3 heterocycles. The third kappa shape index (κ3) is 1.18. The van der Waals surface area contributed by atoms with Crippen molar-refractivity contribution in [3.63, 3.8) is 0 Å². The first-order chi connectivity index (χ1) is 7.24. The van der Waals surface area contributed by atoms with Gasteiger partial charge in [-0.05, 0) is 12.1 Å². The van der Waals surface area contributed by atoms with E-state index in [9.17, 15) is 4.79 Å². The molecule has 6 heteroatoms. The van der Waals surface area contributed by atoms with Gasteiger partial charge in [-0.25, -0.2) is 9.78 Å². The lowest BCUT2D eigenvalue weighted by Gasteiger charge is -1.87. The molecule has 3 aromatic heterocycles. The second-order valence-corrected chi connectivity index (χ2v) is 4.14. The molecule has 3 rings (SSSR count). The van der Waals surface area contributed by atoms with Gasteiger partial charge in [0.25, 0.3) is 0 Å². The molecule has 0 spiro atoms. The van der Waals surface area contributed by atoms with Gasteiger partial charge in [0, 0.05) is 10.8 Å². The summed E-state index contributed by atoms with van der Waals surface area (Å²) in [6, 6.07) is 3.51. The van der Waals surface area contributed by atoms with Crippen molar-refractivity contribution in [3.8, 4) is 0 Å². The fourth-order valence-corrected chi connectivity index (χ4v) is 2.30. The molecule has 0 bridgehead atoms. The second-order valence-electron chi connectivity index (χ2n) is 3.11. The third-order valence-electron chi connectivity index (χ3n) is 2.12. The first-order valence-electron chi connectivity index (χ1n) is 4.21. The summed E-state index contributed by atoms with van der Waals surface area (Å²) in [5.41, 5.74) is 0.682. The maximum absolute atomic E-state index is 10.8. The lowest BCUT2D eigenvalue weighted by molar-refractivity contribution is 0.0702. The van der Waals surface area contributed by atoms with Crippen molar-refractivity contribution >= 4 is 38.6 Å². The number of H-pyrrole nitrogens is 1. The summed E-state index contributed by atoms with van der Waals surface area (Å²) in [7, 11) is 0. The van der Waals surface area contributed by atoms with Crippen LogP contribution in [0.3, 0.4) is 0 Å². The molecule has 0 saturated heterocycles. The molecule has 74 valence electrons. The Kier molecular flexibility index (Phi) is 1.54. The largest absolute Gasteiger partial charge is 0.477 e. The fraction of sp³-hybridized carbons (Fsp3) is 0. The number of rotatable bonds is 1. The smallest absolute Gasteiger partial charge is 0.345 e. The molecule has 2 N–H and O–H groups in total. The van der Waals surface area contributed by atoms with E-state index in [4.69, 9.17) is 5.11 Å². The molecule has 15 heavy (non-hydrogen) atoms. The van der Waals surface area contributed by atoms with Gasteiger partial charge in [-0.15, -0.1) is 11.3 Å². The highest BCUT2D eigenvalue weighted by Crippen LogP contribution is 2.26. The number of aromatic nitrogens is 3. The van der Waals surface area contributed by atoms with E-state index in [0.29, 0.717) is 15.4 Å². The molecule has 0 fully saturated rings. The molecule has 0 unspecified atom stereocenters. The van der Waals surface area contributed by atoms with Crippen LogP contribution in [0, 0.1) is 0 Å². The SMILES string of the molecule is O=C(O)c1cc2cc3cn[nH]c3nc2s1. The maximum atomic E-state index is 10.8. The highest BCUT2D eigenvalue weighted by molar-refractivity contribution is 7.20. The van der Waals surface area contributed by atoms with Crippen molar-refractivity contribution in [2.75, 3.05) is 0 Å². The Morgan fingerprint density at radius 2 is 2.27 bits per heavy atom. The number of fused-ring (bicyclic) bond motifs is 2. The molecule has 0 amide bonds. The molecule has 0 saturated carbocycles. The van der Waals surface area contributed by atoms with Crippen LogP contribution in [0.4, 0.5) is 0 Å². The van der Waals surface area contributed by atoms with Crippen LogP contribution in [0.15, 0.2) is 18.3 Å². The van der Waals surface area contributed by atoms with Gasteiger partial charge in [0.15, 0.2) is 5.65 Å². The van der Waals surface area contributed by atoms with E-state index in [0.717, 1.165) is 10.8 Å². The summed E-state index contributed by atoms with van der Waals surface area (Å²) < 4.78 is 0. The number of hydrogen-bond donors (Lipinski definition) is 2. The van der Waals surface area contributed by atoms with E-state index < -0.39 is 5.97 Å². The highest BCUT2D eigenvalue weighted by Gasteiger charge is 2.10. The summed E-state index contributed by atoms with van der Waals surface area (Å²) in [4.78, 5) is 16.1. The molecular formula is C9H5N3O2S. The van der Waals surface area contributed by atoms with Gasteiger partial charge in [0.2, 0.25) is 0 Å². The Bertz CT molecular complexity index is 622. The molecule has 0 aromatic carbocycles. The number of nitrogens with one attached hydrogen (secondary N) is 1. The second kappa shape index (κ2) is 2.77. The van der Waals surface area contributed by atoms with E-state index in [2.05, 4.69) is 15.2 Å². The van der Waals surface area contributed by atoms with Crippen LogP contribution in [0.2, 0.25) is 0 Å². The van der Waals surface area contributed by atoms with Crippen molar-refractivity contribution in [1.82, 2.24) is 15.2 Å². The lowest BCUT2D eigenvalue weighted by Crippen LogP contribution is -1.89. The zero-order valence-electron chi connectivity index (χ0n) is 7.39. The summed E-state index contributed by atoms with van der Waals surface area (Å²) >= 11 is 1.17. The monoisotopic (exact) mass is 219 g/mol. The van der Waals surface area contributed by atoms with E-state index in [1.807, 2.05) is 6.07 Å². The molecule has 3 aromatic rings. The van der Waals surface area contributed by atoms with Crippen LogP contribution in [-0.4, -0.2) is 26.3 Å². The van der Waals surface area contributed by atoms with Crippen LogP contribution in [0.1, 0.15) is 9.67 Å². The molecule has 0 atom stereocenters. The normalized spacial score (nSPS) is 11.2. The number of nitrogens with zero attached hydrogens (tertiary/aromatic N) is 2. The molecule has 0 aliphatic carbocycles. The van der Waals surface area contributed by atoms with Gasteiger partial charge < -0.3 is 5.11 Å². The minimum Gasteiger partial charge on any atom is -0.477 e. The Morgan fingerprint density at radius 1 is 1.40 bits per heavy atom. The summed E-state index contributed by atoms with van der Waals surface area (Å²) in [6.45, 7) is 0. The number of hydrogen-bond acceptors (Lipinski definition) is 4. The van der Waals surface area contributed by atoms with E-state index in [1.54, 1.807) is 12.3 Å². The average molecular weight is 219 g/mol. The summed E-state index contributed by atoms with van der Waals surface area (Å²) in [6.07, 6.45) is 1.67. The first-order valence-corrected chi connectivity index (χ1v) is 5.02. The minimum atomic E-state index is -0.917. The van der Waals surface area contributed by atoms with Crippen LogP contribution in [0.5, 0.6) is 0 Å². The number of carbonyl (C=O) groups is 1. The molecular weight excluding hydrogens is 214 g/mol. The van der Waals surface area contributed by atoms with Crippen LogP contribution in [0.25, 0.3) is 21.3 Å². The topological polar surface area (TPSA) is 78.9 Å². The Hall–Kier alpha value is -1.95. The van der Waals surface area contributed by atoms with Crippen molar-refractivity contribution < 1.29 is 9.90 Å². The molecule has 0 aliphatic rings. The number of carboxylic acids is 1. The summed E-state index contributed by atoms with van der Waals surface area (Å²) in [5.74, 6) is -0.917. The summed E-state index contributed by atoms with van der Waals surface area (Å²) in [5, 5.41) is 17.2. The minimum absolute atomic E-state index is 0.304. The molecule has 5 nitrogen and oxygen atoms in total.